The number of halogens is 2. The highest BCUT2D eigenvalue weighted by molar-refractivity contribution is 5.81. The van der Waals surface area contributed by atoms with Gasteiger partial charge in [0, 0.05) is 31.9 Å². The fourth-order valence-corrected chi connectivity index (χ4v) is 4.03. The smallest absolute Gasteiger partial charge is 0.320 e. The van der Waals surface area contributed by atoms with E-state index in [2.05, 4.69) is 19.9 Å². The average Bonchev–Trinajstić information content (AvgIpc) is 3.37. The molecule has 168 valence electrons. The zero-order valence-electron chi connectivity index (χ0n) is 17.7. The highest BCUT2D eigenvalue weighted by atomic mass is 19.3. The molecule has 0 N–H and O–H groups in total. The molecule has 1 atom stereocenters. The molecule has 0 bridgehead atoms. The summed E-state index contributed by atoms with van der Waals surface area (Å²) in [6.45, 7) is 4.12. The number of likely N-dealkylation sites (tertiary alicyclic amines) is 2. The summed E-state index contributed by atoms with van der Waals surface area (Å²) in [5, 5.41) is 0. The number of carbonyl (C=O) groups is 1. The van der Waals surface area contributed by atoms with Crippen LogP contribution in [-0.4, -0.2) is 83.5 Å². The number of fused-ring (bicyclic) bond motifs is 1. The molecule has 3 aromatic rings. The van der Waals surface area contributed by atoms with Crippen LogP contribution in [0.5, 0.6) is 5.88 Å². The minimum absolute atomic E-state index is 0.305. The van der Waals surface area contributed by atoms with E-state index in [-0.39, 0.29) is 12.1 Å². The van der Waals surface area contributed by atoms with Crippen LogP contribution in [0.3, 0.4) is 0 Å². The van der Waals surface area contributed by atoms with Crippen LogP contribution in [0.2, 0.25) is 0 Å². The first kappa shape index (κ1) is 20.5. The minimum atomic E-state index is -2.78. The van der Waals surface area contributed by atoms with E-state index in [1.165, 1.54) is 11.2 Å². The molecule has 0 radical (unpaired) electrons. The number of hydrogen-bond donors (Lipinski definition) is 0. The second kappa shape index (κ2) is 7.61. The Balaban J connectivity index is 1.36. The largest absolute Gasteiger partial charge is 0.471 e. The SMILES string of the molecule is CCn1c(-c2cnc(C)nc2)nc2c(O[C@H]3CCN(C(=O)N4CC(F)(F)C4)C3)ncnc21. The Morgan fingerprint density at radius 2 is 1.94 bits per heavy atom. The van der Waals surface area contributed by atoms with Gasteiger partial charge in [-0.1, -0.05) is 0 Å². The number of ether oxygens (including phenoxy) is 1. The molecular weight excluding hydrogens is 422 g/mol. The van der Waals surface area contributed by atoms with Crippen molar-refractivity contribution >= 4 is 17.2 Å². The van der Waals surface area contributed by atoms with Crippen LogP contribution in [0.15, 0.2) is 18.7 Å². The van der Waals surface area contributed by atoms with Crippen LogP contribution in [0, 0.1) is 6.92 Å². The van der Waals surface area contributed by atoms with Gasteiger partial charge in [0.25, 0.3) is 5.92 Å². The quantitative estimate of drug-likeness (QED) is 0.607. The van der Waals surface area contributed by atoms with Crippen LogP contribution in [0.1, 0.15) is 19.2 Å². The third-order valence-corrected chi connectivity index (χ3v) is 5.66. The van der Waals surface area contributed by atoms with Crippen molar-refractivity contribution in [2.45, 2.75) is 38.8 Å². The normalized spacial score (nSPS) is 19.9. The Hall–Kier alpha value is -3.44. The van der Waals surface area contributed by atoms with Crippen LogP contribution >= 0.6 is 0 Å². The zero-order valence-corrected chi connectivity index (χ0v) is 17.7. The van der Waals surface area contributed by atoms with Crippen LogP contribution in [0.4, 0.5) is 13.6 Å². The van der Waals surface area contributed by atoms with Crippen molar-refractivity contribution in [1.29, 1.82) is 0 Å². The van der Waals surface area contributed by atoms with Crippen LogP contribution in [-0.2, 0) is 6.54 Å². The first-order chi connectivity index (χ1) is 15.3. The number of amides is 2. The lowest BCUT2D eigenvalue weighted by Crippen LogP contribution is -2.61. The van der Waals surface area contributed by atoms with Crippen LogP contribution in [0.25, 0.3) is 22.6 Å². The Morgan fingerprint density at radius 1 is 1.19 bits per heavy atom. The number of imidazole rings is 1. The number of rotatable bonds is 4. The molecular formula is C20H22F2N8O2. The number of alkyl halides is 2. The summed E-state index contributed by atoms with van der Waals surface area (Å²) in [7, 11) is 0. The second-order valence-corrected chi connectivity index (χ2v) is 8.02. The number of aryl methyl sites for hydroxylation is 2. The highest BCUT2D eigenvalue weighted by Crippen LogP contribution is 2.31. The number of nitrogens with zero attached hydrogens (tertiary/aromatic N) is 8. The van der Waals surface area contributed by atoms with Crippen molar-refractivity contribution in [3.05, 3.63) is 24.5 Å². The van der Waals surface area contributed by atoms with Crippen molar-refractivity contribution in [2.75, 3.05) is 26.2 Å². The monoisotopic (exact) mass is 444 g/mol. The van der Waals surface area contributed by atoms with Crippen molar-refractivity contribution in [3.8, 4) is 17.3 Å². The van der Waals surface area contributed by atoms with Crippen molar-refractivity contribution in [2.24, 2.45) is 0 Å². The van der Waals surface area contributed by atoms with Gasteiger partial charge in [0.05, 0.1) is 25.2 Å². The van der Waals surface area contributed by atoms with E-state index in [0.717, 1.165) is 10.5 Å². The molecule has 2 aliphatic rings. The van der Waals surface area contributed by atoms with Gasteiger partial charge in [-0.3, -0.25) is 0 Å². The van der Waals surface area contributed by atoms with Crippen LogP contribution < -0.4 is 4.74 Å². The lowest BCUT2D eigenvalue weighted by Gasteiger charge is -2.40. The predicted octanol–water partition coefficient (Wildman–Crippen LogP) is 2.14. The Labute approximate surface area is 182 Å². The standard InChI is InChI=1S/C20H22F2N8O2/c1-3-30-16(13-6-23-12(2)24-7-13)27-15-17(30)25-11-26-18(15)32-14-4-5-28(8-14)19(31)29-9-20(21,22)10-29/h6-7,11,14H,3-5,8-10H2,1-2H3/t14-/m0/s1. The van der Waals surface area contributed by atoms with Gasteiger partial charge in [0.1, 0.15) is 24.1 Å². The lowest BCUT2D eigenvalue weighted by molar-refractivity contribution is -0.113. The van der Waals surface area contributed by atoms with Crippen molar-refractivity contribution in [1.82, 2.24) is 39.3 Å². The molecule has 3 aromatic heterocycles. The van der Waals surface area contributed by atoms with E-state index < -0.39 is 19.0 Å². The van der Waals surface area contributed by atoms with Gasteiger partial charge < -0.3 is 19.1 Å². The molecule has 32 heavy (non-hydrogen) atoms. The molecule has 2 fully saturated rings. The van der Waals surface area contributed by atoms with E-state index in [1.54, 1.807) is 12.4 Å². The number of carbonyl (C=O) groups excluding carboxylic acids is 1. The predicted molar refractivity (Wildman–Crippen MR) is 109 cm³/mol. The molecule has 0 unspecified atom stereocenters. The Morgan fingerprint density at radius 3 is 2.62 bits per heavy atom. The van der Waals surface area contributed by atoms with Gasteiger partial charge in [-0.25, -0.2) is 33.5 Å². The van der Waals surface area contributed by atoms with E-state index in [0.29, 0.717) is 54.7 Å². The van der Waals surface area contributed by atoms with Gasteiger partial charge in [-0.2, -0.15) is 4.98 Å². The molecule has 2 aliphatic heterocycles. The maximum absolute atomic E-state index is 13.1. The summed E-state index contributed by atoms with van der Waals surface area (Å²) in [5.41, 5.74) is 1.89. The fraction of sp³-hybridized carbons (Fsp3) is 0.500. The first-order valence-electron chi connectivity index (χ1n) is 10.4. The van der Waals surface area contributed by atoms with Crippen molar-refractivity contribution < 1.29 is 18.3 Å². The lowest BCUT2D eigenvalue weighted by atomic mass is 10.2. The Kier molecular flexibility index (Phi) is 4.86. The number of hydrogen-bond acceptors (Lipinski definition) is 7. The van der Waals surface area contributed by atoms with E-state index >= 15 is 0 Å². The third-order valence-electron chi connectivity index (χ3n) is 5.66. The third kappa shape index (κ3) is 3.59. The summed E-state index contributed by atoms with van der Waals surface area (Å²) < 4.78 is 34.2. The van der Waals surface area contributed by atoms with Gasteiger partial charge in [0.15, 0.2) is 11.2 Å². The minimum Gasteiger partial charge on any atom is -0.471 e. The van der Waals surface area contributed by atoms with Gasteiger partial charge >= 0.3 is 6.03 Å². The molecule has 0 spiro atoms. The number of aromatic nitrogens is 6. The summed E-state index contributed by atoms with van der Waals surface area (Å²) in [6, 6.07) is -0.383. The second-order valence-electron chi connectivity index (χ2n) is 8.02. The summed E-state index contributed by atoms with van der Waals surface area (Å²) in [5.74, 6) is -1.13. The van der Waals surface area contributed by atoms with Gasteiger partial charge in [0.2, 0.25) is 5.88 Å². The van der Waals surface area contributed by atoms with Crippen molar-refractivity contribution in [3.63, 3.8) is 0 Å². The molecule has 2 amide bonds. The van der Waals surface area contributed by atoms with Gasteiger partial charge in [-0.15, -0.1) is 0 Å². The molecule has 5 rings (SSSR count). The average molecular weight is 444 g/mol. The summed E-state index contributed by atoms with van der Waals surface area (Å²) in [4.78, 5) is 36.9. The maximum Gasteiger partial charge on any atom is 0.320 e. The molecule has 0 aromatic carbocycles. The molecule has 12 heteroatoms. The Bertz CT molecular complexity index is 1160. The molecule has 5 heterocycles. The van der Waals surface area contributed by atoms with E-state index in [1.807, 2.05) is 18.4 Å². The number of urea groups is 1. The summed E-state index contributed by atoms with van der Waals surface area (Å²) >= 11 is 0. The molecule has 0 saturated carbocycles. The summed E-state index contributed by atoms with van der Waals surface area (Å²) in [6.07, 6.45) is 5.11. The fourth-order valence-electron chi connectivity index (χ4n) is 4.03. The molecule has 2 saturated heterocycles. The van der Waals surface area contributed by atoms with E-state index in [4.69, 9.17) is 9.72 Å². The first-order valence-corrected chi connectivity index (χ1v) is 10.4. The molecule has 0 aliphatic carbocycles. The van der Waals surface area contributed by atoms with Gasteiger partial charge in [-0.05, 0) is 13.8 Å². The van der Waals surface area contributed by atoms with E-state index in [9.17, 15) is 13.6 Å². The topological polar surface area (TPSA) is 102 Å². The zero-order chi connectivity index (χ0) is 22.5. The maximum atomic E-state index is 13.1. The highest BCUT2D eigenvalue weighted by Gasteiger charge is 2.48. The molecule has 10 nitrogen and oxygen atoms in total.